The van der Waals surface area contributed by atoms with Crippen molar-refractivity contribution in [2.75, 3.05) is 0 Å². The molecule has 3 aromatic rings. The number of hydrogen-bond donors (Lipinski definition) is 3. The number of carbonyl (C=O) groups excluding carboxylic acids is 1. The molecular weight excluding hydrogens is 534 g/mol. The predicted octanol–water partition coefficient (Wildman–Crippen LogP) is -0.0535. The number of non-ortho nitro benzene ring substituents is 1. The van der Waals surface area contributed by atoms with E-state index in [1.807, 2.05) is 0 Å². The van der Waals surface area contributed by atoms with Gasteiger partial charge in [-0.05, 0) is 33.6 Å². The Labute approximate surface area is 225 Å². The fourth-order valence-electron chi connectivity index (χ4n) is 2.23. The molecule has 0 aliphatic rings. The molecule has 3 N–H and O–H groups in total. The third-order valence-corrected chi connectivity index (χ3v) is 5.13. The fourth-order valence-corrected chi connectivity index (χ4v) is 3.22. The Morgan fingerprint density at radius 3 is 2.33 bits per heavy atom. The van der Waals surface area contributed by atoms with Crippen molar-refractivity contribution in [1.82, 2.24) is 4.98 Å². The maximum atomic E-state index is 10.7. The monoisotopic (exact) mass is 544 g/mol. The quantitative estimate of drug-likeness (QED) is 0.174. The van der Waals surface area contributed by atoms with Gasteiger partial charge in [0.2, 0.25) is 0 Å². The van der Waals surface area contributed by atoms with Crippen LogP contribution in [0.1, 0.15) is 5.56 Å². The summed E-state index contributed by atoms with van der Waals surface area (Å²) in [4.78, 5) is 40.1. The van der Waals surface area contributed by atoms with E-state index in [2.05, 4.69) is 25.4 Å². The van der Waals surface area contributed by atoms with Crippen molar-refractivity contribution in [1.29, 1.82) is 0 Å². The first kappa shape index (κ1) is 27.2. The van der Waals surface area contributed by atoms with Gasteiger partial charge in [-0.15, -0.1) is 0 Å². The molecule has 1 heterocycles. The van der Waals surface area contributed by atoms with Crippen LogP contribution in [0.15, 0.2) is 47.1 Å². The molecule has 3 rings (SSSR count). The number of H-pyrrole nitrogens is 1. The Balaban J connectivity index is 0.000000297. The van der Waals surface area contributed by atoms with Crippen LogP contribution in [-0.2, 0) is 15.8 Å². The van der Waals surface area contributed by atoms with Crippen molar-refractivity contribution in [3.05, 3.63) is 67.8 Å². The van der Waals surface area contributed by atoms with E-state index < -0.39 is 18.7 Å². The summed E-state index contributed by atoms with van der Waals surface area (Å²) in [7, 11) is -4.59. The van der Waals surface area contributed by atoms with Crippen LogP contribution < -0.4 is 61.0 Å². The van der Waals surface area contributed by atoms with Crippen LogP contribution in [0.4, 0.5) is 5.69 Å². The normalized spacial score (nSPS) is 10.5. The molecule has 0 saturated carbocycles. The topological polar surface area (TPSA) is 166 Å². The van der Waals surface area contributed by atoms with E-state index in [-0.39, 0.29) is 69.2 Å². The Kier molecular flexibility index (Phi) is 10.6. The molecule has 0 saturated heterocycles. The number of carbonyl (C=O) groups is 1. The summed E-state index contributed by atoms with van der Waals surface area (Å²) in [5.74, 6) is -1.18. The van der Waals surface area contributed by atoms with Crippen molar-refractivity contribution in [2.45, 2.75) is 6.42 Å². The molecule has 30 heavy (non-hydrogen) atoms. The predicted molar refractivity (Wildman–Crippen MR) is 105 cm³/mol. The minimum atomic E-state index is -4.59. The van der Waals surface area contributed by atoms with Crippen LogP contribution in [0.2, 0.25) is 5.02 Å². The van der Waals surface area contributed by atoms with E-state index in [1.54, 1.807) is 12.1 Å². The van der Waals surface area contributed by atoms with Crippen LogP contribution in [0.25, 0.3) is 10.9 Å². The van der Waals surface area contributed by atoms with Gasteiger partial charge in [0.15, 0.2) is 5.75 Å². The molecule has 0 aliphatic carbocycles. The van der Waals surface area contributed by atoms with E-state index in [4.69, 9.17) is 21.4 Å². The number of nitro groups is 1. The van der Waals surface area contributed by atoms with Crippen LogP contribution in [-0.4, -0.2) is 25.7 Å². The molecule has 10 nitrogen and oxygen atoms in total. The average Bonchev–Trinajstić information content (AvgIpc) is 3.00. The van der Waals surface area contributed by atoms with E-state index in [0.717, 1.165) is 0 Å². The zero-order valence-electron chi connectivity index (χ0n) is 15.2. The number of benzene rings is 2. The maximum Gasteiger partial charge on any atom is 1.00 e. The van der Waals surface area contributed by atoms with E-state index in [1.165, 1.54) is 30.5 Å². The van der Waals surface area contributed by atoms with Gasteiger partial charge < -0.3 is 19.4 Å². The van der Waals surface area contributed by atoms with Gasteiger partial charge >= 0.3 is 59.2 Å². The first-order chi connectivity index (χ1) is 13.5. The minimum absolute atomic E-state index is 0. The van der Waals surface area contributed by atoms with Crippen molar-refractivity contribution >= 4 is 57.9 Å². The fraction of sp³-hybridized carbons (Fsp3) is 0.0625. The Morgan fingerprint density at radius 1 is 1.23 bits per heavy atom. The number of fused-ring (bicyclic) bond motifs is 1. The number of phosphoric acid groups is 1. The summed E-state index contributed by atoms with van der Waals surface area (Å²) in [5.41, 5.74) is 1.07. The average molecular weight is 546 g/mol. The maximum absolute atomic E-state index is 10.7. The second-order valence-corrected chi connectivity index (χ2v) is 7.89. The van der Waals surface area contributed by atoms with Crippen LogP contribution in [0.3, 0.4) is 0 Å². The number of carboxylic acid groups (broad SMARTS) is 1. The summed E-state index contributed by atoms with van der Waals surface area (Å²) in [6.45, 7) is 0. The van der Waals surface area contributed by atoms with Gasteiger partial charge in [0.25, 0.3) is 5.69 Å². The van der Waals surface area contributed by atoms with Gasteiger partial charge in [0, 0.05) is 35.2 Å². The summed E-state index contributed by atoms with van der Waals surface area (Å²) in [5, 5.41) is 21.1. The van der Waals surface area contributed by atoms with Crippen molar-refractivity contribution in [2.24, 2.45) is 0 Å². The van der Waals surface area contributed by atoms with Gasteiger partial charge in [-0.25, -0.2) is 4.57 Å². The third kappa shape index (κ3) is 8.04. The Hall–Kier alpha value is -0.794. The zero-order chi connectivity index (χ0) is 21.8. The number of nitrogens with zero attached hydrogens (tertiary/aromatic N) is 1. The molecule has 1 aromatic heterocycles. The Morgan fingerprint density at radius 2 is 1.83 bits per heavy atom. The number of hydrogen-bond acceptors (Lipinski definition) is 6. The molecule has 154 valence electrons. The number of nitro benzene ring substituents is 1. The summed E-state index contributed by atoms with van der Waals surface area (Å²) in [6, 6.07) is 8.76. The van der Waals surface area contributed by atoms with Gasteiger partial charge in [-0.2, -0.15) is 0 Å². The van der Waals surface area contributed by atoms with Crippen molar-refractivity contribution < 1.29 is 85.1 Å². The molecule has 0 amide bonds. The van der Waals surface area contributed by atoms with Crippen molar-refractivity contribution in [3.8, 4) is 5.75 Å². The molecule has 0 bridgehead atoms. The molecule has 14 heteroatoms. The SMILES string of the molecule is O=C([O-])Cc1ccc([N+](=O)[O-])cc1.O=P(O)(O)Oc1c[nH]c2ccc(Br)c(Cl)c12.[K+]. The summed E-state index contributed by atoms with van der Waals surface area (Å²) < 4.78 is 15.9. The molecular formula is C16H12BrClKN2O8P. The number of aromatic nitrogens is 1. The number of aromatic amines is 1. The first-order valence-corrected chi connectivity index (χ1v) is 10.3. The van der Waals surface area contributed by atoms with E-state index >= 15 is 0 Å². The number of nitrogens with one attached hydrogen (secondary N) is 1. The van der Waals surface area contributed by atoms with Crippen LogP contribution in [0.5, 0.6) is 5.75 Å². The largest absolute Gasteiger partial charge is 1.00 e. The number of rotatable bonds is 5. The standard InChI is InChI=1S/C8H6BrClNO4P.C8H7NO4.K/c9-4-1-2-5-7(8(4)10)6(3-11-5)15-16(12,13)14;10-8(11)5-6-1-3-7(4-2-6)9(12)13;/h1-3,11H,(H2,12,13,14);1-4H,5H2,(H,10,11);/q;;+1/p-1. The molecule has 0 unspecified atom stereocenters. The van der Waals surface area contributed by atoms with Gasteiger partial charge in [-0.3, -0.25) is 19.9 Å². The first-order valence-electron chi connectivity index (χ1n) is 7.61. The molecule has 0 spiro atoms. The van der Waals surface area contributed by atoms with E-state index in [0.29, 0.717) is 26.0 Å². The van der Waals surface area contributed by atoms with Crippen molar-refractivity contribution in [3.63, 3.8) is 0 Å². The molecule has 0 fully saturated rings. The van der Waals surface area contributed by atoms with Gasteiger partial charge in [0.1, 0.15) is 0 Å². The van der Waals surface area contributed by atoms with Crippen LogP contribution >= 0.6 is 35.4 Å². The smallest absolute Gasteiger partial charge is 0.550 e. The molecule has 0 radical (unpaired) electrons. The van der Waals surface area contributed by atoms with E-state index in [9.17, 15) is 24.6 Å². The molecule has 0 aliphatic heterocycles. The van der Waals surface area contributed by atoms with Gasteiger partial charge in [0.05, 0.1) is 20.8 Å². The zero-order valence-corrected chi connectivity index (χ0v) is 21.6. The molecule has 0 atom stereocenters. The minimum Gasteiger partial charge on any atom is -0.550 e. The Bertz CT molecular complexity index is 1100. The third-order valence-electron chi connectivity index (χ3n) is 3.41. The number of halogens is 2. The second-order valence-electron chi connectivity index (χ2n) is 5.49. The second kappa shape index (κ2) is 11.7. The number of phosphoric ester groups is 1. The number of aliphatic carboxylic acids is 1. The summed E-state index contributed by atoms with van der Waals surface area (Å²) >= 11 is 9.22. The van der Waals surface area contributed by atoms with Gasteiger partial charge in [-0.1, -0.05) is 23.7 Å². The summed E-state index contributed by atoms with van der Waals surface area (Å²) in [6.07, 6.45) is 1.13. The number of carboxylic acids is 1. The molecule has 2 aromatic carbocycles. The van der Waals surface area contributed by atoms with Crippen LogP contribution in [0, 0.1) is 10.1 Å².